The minimum Gasteiger partial charge on any atom is -0.508 e. The van der Waals surface area contributed by atoms with Crippen LogP contribution in [0.1, 0.15) is 69.8 Å². The van der Waals surface area contributed by atoms with Gasteiger partial charge in [0.1, 0.15) is 48.0 Å². The van der Waals surface area contributed by atoms with Gasteiger partial charge in [-0.25, -0.2) is 4.79 Å². The zero-order valence-electron chi connectivity index (χ0n) is 38.8. The highest BCUT2D eigenvalue weighted by molar-refractivity contribution is 6.00. The van der Waals surface area contributed by atoms with Crippen molar-refractivity contribution in [2.75, 3.05) is 13.1 Å². The van der Waals surface area contributed by atoms with Gasteiger partial charge in [-0.15, -0.1) is 0 Å². The van der Waals surface area contributed by atoms with Gasteiger partial charge in [-0.3, -0.25) is 62.5 Å². The summed E-state index contributed by atoms with van der Waals surface area (Å²) in [5, 5.41) is 80.7. The van der Waals surface area contributed by atoms with E-state index in [0.29, 0.717) is 0 Å². The van der Waals surface area contributed by atoms with Crippen molar-refractivity contribution in [3.63, 3.8) is 0 Å². The molecule has 0 saturated carbocycles. The van der Waals surface area contributed by atoms with Crippen molar-refractivity contribution in [3.05, 3.63) is 29.8 Å². The third-order valence-corrected chi connectivity index (χ3v) is 9.93. The first-order chi connectivity index (χ1) is 34.1. The van der Waals surface area contributed by atoms with Crippen LogP contribution in [-0.4, -0.2) is 180 Å². The number of rotatable bonds is 35. The lowest BCUT2D eigenvalue weighted by molar-refractivity contribution is -0.148. The molecule has 0 aromatic heterocycles. The molecule has 0 saturated heterocycles. The molecule has 0 radical (unpaired) electrons. The van der Waals surface area contributed by atoms with E-state index < -0.39 is 164 Å². The summed E-state index contributed by atoms with van der Waals surface area (Å²) in [5.41, 5.74) is 22.4. The summed E-state index contributed by atoms with van der Waals surface area (Å²) in [6, 6.07) is -10.2. The monoisotopic (exact) mass is 1040 g/mol. The van der Waals surface area contributed by atoms with Crippen molar-refractivity contribution in [3.8, 4) is 5.75 Å². The predicted octanol–water partition coefficient (Wildman–Crippen LogP) is -6.70. The molecule has 22 N–H and O–H groups in total. The predicted molar refractivity (Wildman–Crippen MR) is 245 cm³/mol. The number of amides is 7. The number of guanidine groups is 1. The average Bonchev–Trinajstić information content (AvgIpc) is 3.28. The van der Waals surface area contributed by atoms with Gasteiger partial charge in [0, 0.05) is 13.0 Å². The van der Waals surface area contributed by atoms with Gasteiger partial charge in [0.15, 0.2) is 5.96 Å². The molecule has 8 atom stereocenters. The molecule has 73 heavy (non-hydrogen) atoms. The van der Waals surface area contributed by atoms with Crippen LogP contribution in [0.25, 0.3) is 0 Å². The molecule has 0 fully saturated rings. The van der Waals surface area contributed by atoms with Crippen LogP contribution in [-0.2, 0) is 68.7 Å². The third kappa shape index (κ3) is 25.1. The Morgan fingerprint density at radius 3 is 1.18 bits per heavy atom. The summed E-state index contributed by atoms with van der Waals surface area (Å²) in [5.74, 6) is -20.3. The van der Waals surface area contributed by atoms with E-state index in [4.69, 9.17) is 28.0 Å². The number of carbonyl (C=O) groups is 13. The number of carboxylic acids is 6. The number of phenols is 1. The third-order valence-electron chi connectivity index (χ3n) is 9.93. The largest absolute Gasteiger partial charge is 0.508 e. The topological polar surface area (TPSA) is 564 Å². The van der Waals surface area contributed by atoms with Crippen LogP contribution in [0.5, 0.6) is 5.75 Å². The van der Waals surface area contributed by atoms with Crippen LogP contribution in [0.3, 0.4) is 0 Å². The standard InChI is InChI=1S/C41H60N12O20/c42-10-2-1-5-21(47-35(67)22(12-18-6-8-19(54)9-7-18)49-36(68)23(13-28(55)56)48-33(65)20(43)4-3-11-46-41(44)45)34(66)50-24(14-29(57)58)37(69)51-25(15-30(59)60)38(70)52-26(16-31(61)62)39(71)53-27(40(72)73)17-32(63)64/h6-9,20-27,54H,1-5,10-17,42-43H2,(H,47,67)(H,48,65)(H,49,68)(H,50,66)(H,51,69)(H,52,70)(H,53,71)(H,55,56)(H,57,58)(H,59,60)(H,61,62)(H,63,64)(H,72,73)(H4,44,45,46)/t20-,21-,22-,23-,24-,25-,26-,27-/m0/s1. The molecule has 32 heteroatoms. The Kier molecular flexibility index (Phi) is 26.9. The lowest BCUT2D eigenvalue weighted by Gasteiger charge is -2.27. The van der Waals surface area contributed by atoms with Crippen molar-refractivity contribution in [2.45, 2.75) is 119 Å². The molecule has 0 aliphatic heterocycles. The SMILES string of the molecule is NCCCC[C@H](NC(=O)[C@H](Cc1ccc(O)cc1)NC(=O)[C@H](CC(=O)O)NC(=O)[C@@H](N)CCCN=C(N)N)C(=O)N[C@@H](CC(=O)O)C(=O)N[C@@H](CC(=O)O)C(=O)N[C@@H](CC(=O)O)C(=O)N[C@@H](CC(=O)O)C(=O)O. The summed E-state index contributed by atoms with van der Waals surface area (Å²) in [4.78, 5) is 168. The zero-order chi connectivity index (χ0) is 55.5. The van der Waals surface area contributed by atoms with Crippen LogP contribution in [0.15, 0.2) is 29.3 Å². The molecule has 404 valence electrons. The maximum Gasteiger partial charge on any atom is 0.326 e. The number of carboxylic acid groups (broad SMARTS) is 6. The Bertz CT molecular complexity index is 2210. The van der Waals surface area contributed by atoms with Crippen LogP contribution in [0.2, 0.25) is 0 Å². The number of nitrogens with one attached hydrogen (secondary N) is 7. The first-order valence-corrected chi connectivity index (χ1v) is 21.9. The maximum atomic E-state index is 14.1. The Labute approximate surface area is 413 Å². The number of hydrogen-bond donors (Lipinski definition) is 18. The number of benzene rings is 1. The molecule has 32 nitrogen and oxygen atoms in total. The highest BCUT2D eigenvalue weighted by atomic mass is 16.4. The molecular weight excluding hydrogens is 981 g/mol. The Hall–Kier alpha value is -8.68. The fourth-order valence-corrected chi connectivity index (χ4v) is 6.31. The molecule has 1 rings (SSSR count). The van der Waals surface area contributed by atoms with Gasteiger partial charge in [-0.05, 0) is 56.3 Å². The molecule has 1 aromatic carbocycles. The normalized spacial score (nSPS) is 14.0. The summed E-state index contributed by atoms with van der Waals surface area (Å²) in [6.07, 6.45) is -6.33. The molecule has 0 aliphatic carbocycles. The molecule has 0 heterocycles. The van der Waals surface area contributed by atoms with Gasteiger partial charge in [-0.2, -0.15) is 0 Å². The van der Waals surface area contributed by atoms with Gasteiger partial charge in [-0.1, -0.05) is 12.1 Å². The molecule has 0 spiro atoms. The van der Waals surface area contributed by atoms with E-state index in [1.165, 1.54) is 24.3 Å². The molecule has 1 aromatic rings. The molecular formula is C41H60N12O20. The first kappa shape index (κ1) is 62.3. The number of nitrogens with zero attached hydrogens (tertiary/aromatic N) is 1. The summed E-state index contributed by atoms with van der Waals surface area (Å²) < 4.78 is 0. The second-order valence-electron chi connectivity index (χ2n) is 16.0. The van der Waals surface area contributed by atoms with E-state index in [0.717, 1.165) is 0 Å². The zero-order valence-corrected chi connectivity index (χ0v) is 38.8. The molecule has 7 amide bonds. The van der Waals surface area contributed by atoms with Gasteiger partial charge in [0.25, 0.3) is 0 Å². The van der Waals surface area contributed by atoms with Crippen molar-refractivity contribution >= 4 is 83.1 Å². The summed E-state index contributed by atoms with van der Waals surface area (Å²) in [6.45, 7) is 0.148. The van der Waals surface area contributed by atoms with E-state index in [9.17, 15) is 93.0 Å². The van der Waals surface area contributed by atoms with Crippen molar-refractivity contribution in [1.29, 1.82) is 0 Å². The fourth-order valence-electron chi connectivity index (χ4n) is 6.31. The van der Waals surface area contributed by atoms with Crippen LogP contribution in [0, 0.1) is 0 Å². The number of phenolic OH excluding ortho intramolecular Hbond substituents is 1. The highest BCUT2D eigenvalue weighted by Gasteiger charge is 2.37. The summed E-state index contributed by atoms with van der Waals surface area (Å²) in [7, 11) is 0. The van der Waals surface area contributed by atoms with Gasteiger partial charge < -0.3 is 95.9 Å². The smallest absolute Gasteiger partial charge is 0.326 e. The van der Waals surface area contributed by atoms with Gasteiger partial charge in [0.2, 0.25) is 41.4 Å². The fraction of sp³-hybridized carbons (Fsp3) is 0.512. The first-order valence-electron chi connectivity index (χ1n) is 21.9. The number of nitrogens with two attached hydrogens (primary N) is 4. The number of carbonyl (C=O) groups excluding carboxylic acids is 7. The molecule has 0 bridgehead atoms. The number of hydrogen-bond acceptors (Lipinski definition) is 17. The van der Waals surface area contributed by atoms with Crippen molar-refractivity contribution in [1.82, 2.24) is 37.2 Å². The van der Waals surface area contributed by atoms with E-state index >= 15 is 0 Å². The van der Waals surface area contributed by atoms with E-state index in [-0.39, 0.29) is 62.5 Å². The van der Waals surface area contributed by atoms with Crippen molar-refractivity contribution in [2.24, 2.45) is 27.9 Å². The van der Waals surface area contributed by atoms with Gasteiger partial charge in [0.05, 0.1) is 38.1 Å². The number of aromatic hydroxyl groups is 1. The molecule has 0 aliphatic rings. The average molecular weight is 1040 g/mol. The highest BCUT2D eigenvalue weighted by Crippen LogP contribution is 2.13. The van der Waals surface area contributed by atoms with Crippen LogP contribution < -0.4 is 60.2 Å². The Balaban J connectivity index is 3.56. The summed E-state index contributed by atoms with van der Waals surface area (Å²) >= 11 is 0. The van der Waals surface area contributed by atoms with Crippen molar-refractivity contribution < 1.29 is 98.1 Å². The lowest BCUT2D eigenvalue weighted by Crippen LogP contribution is -2.61. The lowest BCUT2D eigenvalue weighted by atomic mass is 10.0. The number of unbranched alkanes of at least 4 members (excludes halogenated alkanes) is 1. The van der Waals surface area contributed by atoms with E-state index in [1.54, 1.807) is 5.32 Å². The maximum absolute atomic E-state index is 14.1. The molecule has 0 unspecified atom stereocenters. The van der Waals surface area contributed by atoms with E-state index in [2.05, 4.69) is 26.3 Å². The number of aliphatic carboxylic acids is 6. The minimum atomic E-state index is -2.28. The second-order valence-corrected chi connectivity index (χ2v) is 16.0. The van der Waals surface area contributed by atoms with Crippen LogP contribution >= 0.6 is 0 Å². The van der Waals surface area contributed by atoms with Gasteiger partial charge >= 0.3 is 35.8 Å². The minimum absolute atomic E-state index is 0.0113. The Morgan fingerprint density at radius 2 is 0.795 bits per heavy atom. The quantitative estimate of drug-likeness (QED) is 0.0171. The second kappa shape index (κ2) is 31.5. The van der Waals surface area contributed by atoms with Crippen LogP contribution in [0.4, 0.5) is 0 Å². The number of aliphatic imine (C=N–C) groups is 1. The van der Waals surface area contributed by atoms with E-state index in [1.807, 2.05) is 10.6 Å². The Morgan fingerprint density at radius 1 is 0.452 bits per heavy atom.